The van der Waals surface area contributed by atoms with Crippen LogP contribution >= 0.6 is 0 Å². The lowest BCUT2D eigenvalue weighted by molar-refractivity contribution is 0.147. The lowest BCUT2D eigenvalue weighted by Crippen LogP contribution is -2.40. The molecule has 0 aliphatic carbocycles. The van der Waals surface area contributed by atoms with E-state index < -0.39 is 0 Å². The molecule has 0 spiro atoms. The molecule has 12 heavy (non-hydrogen) atoms. The Morgan fingerprint density at radius 2 is 2.00 bits per heavy atom. The molecule has 0 amide bonds. The molecule has 2 aliphatic heterocycles. The minimum absolute atomic E-state index is 0.986. The average molecular weight is 168 g/mol. The fraction of sp³-hybridized carbons (Fsp3) is 1.00. The van der Waals surface area contributed by atoms with Gasteiger partial charge < -0.3 is 10.2 Å². The Bertz CT molecular complexity index is 124. The largest absolute Gasteiger partial charge is 0.317 e. The van der Waals surface area contributed by atoms with Crippen LogP contribution in [0.4, 0.5) is 0 Å². The van der Waals surface area contributed by atoms with Crippen molar-refractivity contribution in [1.29, 1.82) is 0 Å². The van der Waals surface area contributed by atoms with Gasteiger partial charge in [0.25, 0.3) is 0 Å². The summed E-state index contributed by atoms with van der Waals surface area (Å²) in [5.41, 5.74) is 0. The maximum Gasteiger partial charge on any atom is 0.00102 e. The van der Waals surface area contributed by atoms with Crippen LogP contribution in [0.2, 0.25) is 0 Å². The summed E-state index contributed by atoms with van der Waals surface area (Å²) in [6.07, 6.45) is 5.67. The molecule has 2 heteroatoms. The molecule has 2 aliphatic rings. The Labute approximate surface area is 75.3 Å². The quantitative estimate of drug-likeness (QED) is 0.664. The van der Waals surface area contributed by atoms with Crippen molar-refractivity contribution in [3.05, 3.63) is 0 Å². The van der Waals surface area contributed by atoms with Gasteiger partial charge in [0.1, 0.15) is 0 Å². The van der Waals surface area contributed by atoms with Crippen molar-refractivity contribution in [2.24, 2.45) is 5.92 Å². The van der Waals surface area contributed by atoms with Crippen molar-refractivity contribution in [2.75, 3.05) is 32.7 Å². The smallest absolute Gasteiger partial charge is 0.00102 e. The van der Waals surface area contributed by atoms with E-state index in [0.717, 1.165) is 5.92 Å². The normalized spacial score (nSPS) is 32.5. The molecule has 1 atom stereocenters. The Morgan fingerprint density at radius 1 is 1.08 bits per heavy atom. The molecule has 2 heterocycles. The van der Waals surface area contributed by atoms with Crippen LogP contribution in [0.1, 0.15) is 25.7 Å². The Morgan fingerprint density at radius 3 is 2.75 bits per heavy atom. The second-order valence-corrected chi connectivity index (χ2v) is 4.20. The van der Waals surface area contributed by atoms with Crippen LogP contribution in [0, 0.1) is 5.92 Å². The second-order valence-electron chi connectivity index (χ2n) is 4.20. The Kier molecular flexibility index (Phi) is 3.01. The summed E-state index contributed by atoms with van der Waals surface area (Å²) in [6, 6.07) is 0. The van der Waals surface area contributed by atoms with Gasteiger partial charge in [0, 0.05) is 6.54 Å². The first kappa shape index (κ1) is 8.52. The maximum atomic E-state index is 3.47. The van der Waals surface area contributed by atoms with E-state index in [-0.39, 0.29) is 0 Å². The minimum atomic E-state index is 0.986. The third-order valence-corrected chi connectivity index (χ3v) is 3.16. The van der Waals surface area contributed by atoms with Gasteiger partial charge in [-0.05, 0) is 57.8 Å². The predicted octanol–water partition coefficient (Wildman–Crippen LogP) is 1.08. The molecule has 2 fully saturated rings. The van der Waals surface area contributed by atoms with Crippen molar-refractivity contribution in [3.8, 4) is 0 Å². The van der Waals surface area contributed by atoms with Gasteiger partial charge in [0.15, 0.2) is 0 Å². The van der Waals surface area contributed by atoms with Crippen LogP contribution in [-0.2, 0) is 0 Å². The summed E-state index contributed by atoms with van der Waals surface area (Å²) in [7, 11) is 0. The first-order valence-electron chi connectivity index (χ1n) is 5.38. The molecule has 1 N–H and O–H groups in total. The van der Waals surface area contributed by atoms with E-state index in [2.05, 4.69) is 10.2 Å². The molecule has 70 valence electrons. The molecule has 0 aromatic heterocycles. The number of likely N-dealkylation sites (tertiary alicyclic amines) is 1. The van der Waals surface area contributed by atoms with Gasteiger partial charge in [0.05, 0.1) is 0 Å². The fourth-order valence-corrected chi connectivity index (χ4v) is 2.20. The highest BCUT2D eigenvalue weighted by atomic mass is 15.2. The Hall–Kier alpha value is -0.0800. The van der Waals surface area contributed by atoms with E-state index in [1.54, 1.807) is 0 Å². The molecule has 0 aromatic carbocycles. The van der Waals surface area contributed by atoms with Crippen LogP contribution in [0.15, 0.2) is 0 Å². The van der Waals surface area contributed by atoms with Crippen molar-refractivity contribution in [2.45, 2.75) is 25.7 Å². The Balaban J connectivity index is 1.69. The summed E-state index contributed by atoms with van der Waals surface area (Å²) in [6.45, 7) is 6.60. The van der Waals surface area contributed by atoms with Crippen molar-refractivity contribution < 1.29 is 0 Å². The first-order chi connectivity index (χ1) is 5.95. The summed E-state index contributed by atoms with van der Waals surface area (Å²) < 4.78 is 0. The van der Waals surface area contributed by atoms with Crippen molar-refractivity contribution >= 4 is 0 Å². The standard InChI is InChI=1S/C10H20N2/c1-3-10(4-6-11-5-1)9-12-7-2-8-12/h10-11H,1-9H2. The number of nitrogens with zero attached hydrogens (tertiary/aromatic N) is 1. The van der Waals surface area contributed by atoms with Gasteiger partial charge in [0.2, 0.25) is 0 Å². The van der Waals surface area contributed by atoms with Crippen molar-refractivity contribution in [1.82, 2.24) is 10.2 Å². The highest BCUT2D eigenvalue weighted by Gasteiger charge is 2.19. The van der Waals surface area contributed by atoms with Gasteiger partial charge >= 0.3 is 0 Å². The van der Waals surface area contributed by atoms with E-state index in [0.29, 0.717) is 0 Å². The van der Waals surface area contributed by atoms with Gasteiger partial charge in [-0.25, -0.2) is 0 Å². The SMILES string of the molecule is C1CNCCC(CN2CCC2)C1. The predicted molar refractivity (Wildman–Crippen MR) is 51.3 cm³/mol. The van der Waals surface area contributed by atoms with Gasteiger partial charge in [-0.2, -0.15) is 0 Å². The highest BCUT2D eigenvalue weighted by molar-refractivity contribution is 4.75. The molecular formula is C10H20N2. The third kappa shape index (κ3) is 2.20. The summed E-state index contributed by atoms with van der Waals surface area (Å²) >= 11 is 0. The number of hydrogen-bond donors (Lipinski definition) is 1. The molecule has 2 rings (SSSR count). The molecule has 0 aromatic rings. The van der Waals surface area contributed by atoms with Crippen LogP contribution in [0.5, 0.6) is 0 Å². The molecule has 1 unspecified atom stereocenters. The van der Waals surface area contributed by atoms with E-state index in [1.165, 1.54) is 58.4 Å². The maximum absolute atomic E-state index is 3.47. The van der Waals surface area contributed by atoms with Gasteiger partial charge in [-0.15, -0.1) is 0 Å². The lowest BCUT2D eigenvalue weighted by atomic mass is 9.99. The molecular weight excluding hydrogens is 148 g/mol. The van der Waals surface area contributed by atoms with Gasteiger partial charge in [-0.1, -0.05) is 0 Å². The molecule has 2 saturated heterocycles. The summed E-state index contributed by atoms with van der Waals surface area (Å²) in [4.78, 5) is 2.61. The molecule has 0 bridgehead atoms. The monoisotopic (exact) mass is 168 g/mol. The lowest BCUT2D eigenvalue weighted by Gasteiger charge is -2.33. The van der Waals surface area contributed by atoms with Gasteiger partial charge in [-0.3, -0.25) is 0 Å². The zero-order valence-electron chi connectivity index (χ0n) is 7.89. The first-order valence-corrected chi connectivity index (χ1v) is 5.38. The number of hydrogen-bond acceptors (Lipinski definition) is 2. The third-order valence-electron chi connectivity index (χ3n) is 3.16. The number of rotatable bonds is 2. The molecule has 2 nitrogen and oxygen atoms in total. The zero-order valence-corrected chi connectivity index (χ0v) is 7.89. The van der Waals surface area contributed by atoms with Crippen LogP contribution in [0.3, 0.4) is 0 Å². The van der Waals surface area contributed by atoms with Crippen LogP contribution in [0.25, 0.3) is 0 Å². The topological polar surface area (TPSA) is 15.3 Å². The molecule has 0 radical (unpaired) electrons. The summed E-state index contributed by atoms with van der Waals surface area (Å²) in [5.74, 6) is 0.986. The molecule has 0 saturated carbocycles. The summed E-state index contributed by atoms with van der Waals surface area (Å²) in [5, 5.41) is 3.47. The van der Waals surface area contributed by atoms with E-state index in [9.17, 15) is 0 Å². The number of nitrogens with one attached hydrogen (secondary N) is 1. The fourth-order valence-electron chi connectivity index (χ4n) is 2.20. The van der Waals surface area contributed by atoms with E-state index >= 15 is 0 Å². The second kappa shape index (κ2) is 4.24. The zero-order chi connectivity index (χ0) is 8.23. The van der Waals surface area contributed by atoms with Crippen LogP contribution in [-0.4, -0.2) is 37.6 Å². The van der Waals surface area contributed by atoms with Crippen molar-refractivity contribution in [3.63, 3.8) is 0 Å². The minimum Gasteiger partial charge on any atom is -0.317 e. The van der Waals surface area contributed by atoms with E-state index in [4.69, 9.17) is 0 Å². The van der Waals surface area contributed by atoms with E-state index in [1.807, 2.05) is 0 Å². The highest BCUT2D eigenvalue weighted by Crippen LogP contribution is 2.17. The van der Waals surface area contributed by atoms with Crippen LogP contribution < -0.4 is 5.32 Å². The average Bonchev–Trinajstić information content (AvgIpc) is 2.24.